The lowest BCUT2D eigenvalue weighted by molar-refractivity contribution is -0.226. The Bertz CT molecular complexity index is 2060. The van der Waals surface area contributed by atoms with E-state index in [-0.39, 0.29) is 71.1 Å². The van der Waals surface area contributed by atoms with Crippen LogP contribution in [0.2, 0.25) is 0 Å². The summed E-state index contributed by atoms with van der Waals surface area (Å²) in [5, 5.41) is 42.7. The quantitative estimate of drug-likeness (QED) is 0.281. The van der Waals surface area contributed by atoms with Crippen LogP contribution in [-0.4, -0.2) is 111 Å². The fraction of sp³-hybridized carbons (Fsp3) is 0.755. The Balaban J connectivity index is 0.000000158. The second kappa shape index (κ2) is 14.6. The van der Waals surface area contributed by atoms with E-state index in [1.807, 2.05) is 19.9 Å². The highest BCUT2D eigenvalue weighted by Crippen LogP contribution is 2.72. The fourth-order valence-corrected chi connectivity index (χ4v) is 16.2. The van der Waals surface area contributed by atoms with Gasteiger partial charge in [0.2, 0.25) is 0 Å². The number of Topliss-reactive ketones (excluding diaryl/α,β-unsaturated/α-hetero) is 2. The van der Waals surface area contributed by atoms with E-state index in [0.717, 1.165) is 24.8 Å². The van der Waals surface area contributed by atoms with E-state index in [1.165, 1.54) is 12.2 Å². The molecule has 13 heteroatoms. The summed E-state index contributed by atoms with van der Waals surface area (Å²) in [6.45, 7) is 12.3. The first-order chi connectivity index (χ1) is 29.1. The molecule has 10 rings (SSSR count). The number of hydrogen-bond donors (Lipinski definition) is 4. The average Bonchev–Trinajstić information content (AvgIpc) is 3.86. The van der Waals surface area contributed by atoms with Crippen molar-refractivity contribution in [2.45, 2.75) is 160 Å². The van der Waals surface area contributed by atoms with E-state index in [9.17, 15) is 39.6 Å². The number of aliphatic hydroxyl groups excluding tert-OH is 4. The maximum atomic E-state index is 15.4. The Hall–Kier alpha value is -2.75. The maximum absolute atomic E-state index is 15.4. The molecule has 0 spiro atoms. The van der Waals surface area contributed by atoms with Crippen molar-refractivity contribution in [3.05, 3.63) is 47.6 Å². The maximum Gasteiger partial charge on any atom is 0.193 e. The van der Waals surface area contributed by atoms with E-state index < -0.39 is 89.1 Å². The summed E-state index contributed by atoms with van der Waals surface area (Å²) in [4.78, 5) is 50.3. The first-order valence-corrected chi connectivity index (χ1v) is 23.0. The third kappa shape index (κ3) is 5.77. The van der Waals surface area contributed by atoms with E-state index >= 15 is 4.39 Å². The molecule has 10 aliphatic rings. The molecular weight excluding hydrogens is 800 g/mol. The van der Waals surface area contributed by atoms with Crippen LogP contribution in [0.3, 0.4) is 0 Å². The van der Waals surface area contributed by atoms with Crippen LogP contribution in [-0.2, 0) is 38.1 Å². The molecule has 0 amide bonds. The lowest BCUT2D eigenvalue weighted by atomic mass is 9.46. The Kier molecular flexibility index (Phi) is 10.5. The minimum atomic E-state index is -1.37. The molecule has 2 saturated heterocycles. The molecule has 4 N–H and O–H groups in total. The van der Waals surface area contributed by atoms with Crippen LogP contribution in [0.15, 0.2) is 47.6 Å². The highest BCUT2D eigenvalue weighted by Gasteiger charge is 2.78. The standard InChI is InChI=1S/C25H34O6.C24H31FO6/c1-4-5-21-30-20-11-17-16-7-6-14-10-15(27)8-9-23(14,2)22(16)18(28)12-24(17,3)25(20,31-21)19(29)13-26;1-21(2)30-19-9-14-13-8-16(25)15-7-12(27)5-6-22(15,3)20(13)17(28)10-23(14,4)24(19,31-21)18(29)11-26/h8-10,16-18,20-22,26,28H,4-7,11-13H2,1-3H3;5-7,13-14,16-17,19-20,26,28H,8-11H2,1-4H3/t16-,17-,18-,20+,21+,22+,23-,24-,25+;13-,14-,16-,17-,19+,20+,22-,23-,24+/m00/s1. The number of halogens is 1. The van der Waals surface area contributed by atoms with Gasteiger partial charge in [0.15, 0.2) is 46.4 Å². The minimum Gasteiger partial charge on any atom is -0.393 e. The topological polar surface area (TPSA) is 186 Å². The summed E-state index contributed by atoms with van der Waals surface area (Å²) in [6.07, 6.45) is 11.2. The highest BCUT2D eigenvalue weighted by atomic mass is 19.1. The lowest BCUT2D eigenvalue weighted by Gasteiger charge is -2.60. The van der Waals surface area contributed by atoms with Crippen LogP contribution >= 0.6 is 0 Å². The zero-order valence-corrected chi connectivity index (χ0v) is 37.1. The van der Waals surface area contributed by atoms with Crippen LogP contribution in [0.25, 0.3) is 0 Å². The highest BCUT2D eigenvalue weighted by molar-refractivity contribution is 6.02. The van der Waals surface area contributed by atoms with Crippen LogP contribution in [0.1, 0.15) is 106 Å². The van der Waals surface area contributed by atoms with Crippen molar-refractivity contribution in [2.75, 3.05) is 13.2 Å². The monoisotopic (exact) mass is 864 g/mol. The van der Waals surface area contributed by atoms with E-state index in [0.29, 0.717) is 31.3 Å². The van der Waals surface area contributed by atoms with Gasteiger partial charge < -0.3 is 39.4 Å². The average molecular weight is 865 g/mol. The number of allylic oxidation sites excluding steroid dienone is 8. The van der Waals surface area contributed by atoms with Crippen LogP contribution < -0.4 is 0 Å². The van der Waals surface area contributed by atoms with Gasteiger partial charge in [-0.2, -0.15) is 0 Å². The lowest BCUT2D eigenvalue weighted by Crippen LogP contribution is -2.64. The SMILES string of the molecule is CC1(C)O[C@@H]2C[C@H]3[C@@H]4C[C@H](F)C5=CC(=O)C=C[C@]5(C)[C@H]4[C@@H](O)C[C@]3(C)[C@]2(C(=O)CO)O1.CCC[C@@H]1O[C@@H]2C[C@H]3[C@@H]4CCC5=CC(=O)C=C[C@]5(C)[C@H]4[C@@H](O)C[C@]3(C)[C@]2(C(=O)CO)O1. The van der Waals surface area contributed by atoms with E-state index in [1.54, 1.807) is 32.1 Å². The summed E-state index contributed by atoms with van der Waals surface area (Å²) in [5.74, 6) is -2.25. The molecule has 340 valence electrons. The summed E-state index contributed by atoms with van der Waals surface area (Å²) >= 11 is 0. The van der Waals surface area contributed by atoms with Crippen LogP contribution in [0.5, 0.6) is 0 Å². The molecule has 0 aromatic rings. The summed E-state index contributed by atoms with van der Waals surface area (Å²) in [7, 11) is 0. The van der Waals surface area contributed by atoms with Gasteiger partial charge in [-0.05, 0) is 119 Å². The molecule has 8 aliphatic carbocycles. The molecule has 62 heavy (non-hydrogen) atoms. The number of aliphatic hydroxyl groups is 4. The van der Waals surface area contributed by atoms with E-state index in [2.05, 4.69) is 20.8 Å². The molecular formula is C49H65FO12. The molecule has 0 radical (unpaired) electrons. The van der Waals surface area contributed by atoms with Crippen molar-refractivity contribution in [2.24, 2.45) is 57.2 Å². The van der Waals surface area contributed by atoms with Crippen molar-refractivity contribution in [1.29, 1.82) is 0 Å². The molecule has 8 fully saturated rings. The van der Waals surface area contributed by atoms with E-state index in [4.69, 9.17) is 18.9 Å². The molecule has 2 heterocycles. The molecule has 18 atom stereocenters. The Morgan fingerprint density at radius 3 is 1.97 bits per heavy atom. The van der Waals surface area contributed by atoms with Crippen LogP contribution in [0.4, 0.5) is 4.39 Å². The number of hydrogen-bond acceptors (Lipinski definition) is 12. The molecule has 12 nitrogen and oxygen atoms in total. The molecule has 0 aromatic carbocycles. The molecule has 0 unspecified atom stereocenters. The van der Waals surface area contributed by atoms with Gasteiger partial charge in [-0.25, -0.2) is 4.39 Å². The molecule has 0 aromatic heterocycles. The van der Waals surface area contributed by atoms with Gasteiger partial charge in [-0.1, -0.05) is 58.8 Å². The van der Waals surface area contributed by atoms with Crippen molar-refractivity contribution in [3.8, 4) is 0 Å². The first kappa shape index (κ1) is 44.5. The normalized spacial score (nSPS) is 51.2. The number of rotatable bonds is 6. The molecule has 6 saturated carbocycles. The third-order valence-electron chi connectivity index (χ3n) is 18.4. The largest absolute Gasteiger partial charge is 0.393 e. The Morgan fingerprint density at radius 2 is 1.32 bits per heavy atom. The minimum absolute atomic E-state index is 0.0125. The van der Waals surface area contributed by atoms with Gasteiger partial charge in [0.05, 0.1) is 24.4 Å². The number of alkyl halides is 1. The Morgan fingerprint density at radius 1 is 0.758 bits per heavy atom. The molecule has 0 bridgehead atoms. The van der Waals surface area contributed by atoms with Crippen molar-refractivity contribution >= 4 is 23.1 Å². The summed E-state index contributed by atoms with van der Waals surface area (Å²) in [5.41, 5.74) is -3.55. The first-order valence-electron chi connectivity index (χ1n) is 23.0. The third-order valence-corrected chi connectivity index (χ3v) is 18.4. The smallest absolute Gasteiger partial charge is 0.193 e. The summed E-state index contributed by atoms with van der Waals surface area (Å²) < 4.78 is 40.5. The second-order valence-corrected chi connectivity index (χ2v) is 21.7. The van der Waals surface area contributed by atoms with Gasteiger partial charge in [0, 0.05) is 33.5 Å². The van der Waals surface area contributed by atoms with Gasteiger partial charge in [-0.3, -0.25) is 19.2 Å². The zero-order valence-electron chi connectivity index (χ0n) is 37.1. The Labute approximate surface area is 363 Å². The predicted molar refractivity (Wildman–Crippen MR) is 221 cm³/mol. The second-order valence-electron chi connectivity index (χ2n) is 21.7. The fourth-order valence-electron chi connectivity index (χ4n) is 16.2. The van der Waals surface area contributed by atoms with Crippen molar-refractivity contribution < 1.29 is 62.9 Å². The van der Waals surface area contributed by atoms with Gasteiger partial charge in [-0.15, -0.1) is 0 Å². The molecule has 2 aliphatic heterocycles. The van der Waals surface area contributed by atoms with Crippen molar-refractivity contribution in [1.82, 2.24) is 0 Å². The number of ketones is 4. The van der Waals surface area contributed by atoms with Crippen LogP contribution in [0, 0.1) is 57.2 Å². The van der Waals surface area contributed by atoms with Crippen molar-refractivity contribution in [3.63, 3.8) is 0 Å². The number of fused-ring (bicyclic) bond motifs is 14. The van der Waals surface area contributed by atoms with Gasteiger partial charge >= 0.3 is 0 Å². The zero-order chi connectivity index (χ0) is 44.7. The number of ether oxygens (including phenoxy) is 4. The van der Waals surface area contributed by atoms with Gasteiger partial charge in [0.25, 0.3) is 0 Å². The summed E-state index contributed by atoms with van der Waals surface area (Å²) in [6, 6.07) is 0. The van der Waals surface area contributed by atoms with Gasteiger partial charge in [0.1, 0.15) is 19.4 Å². The number of carbonyl (C=O) groups excluding carboxylic acids is 4. The predicted octanol–water partition coefficient (Wildman–Crippen LogP) is 4.99. The number of carbonyl (C=O) groups is 4.